The van der Waals surface area contributed by atoms with Crippen LogP contribution in [0, 0.1) is 11.8 Å². The SMILES string of the molecule is C=Cc1cccc(C(C(=O)NCCCCC)N(C(=O)C(NC(=O)OC(C)(C)C)C(C)CC)C(C)CCC(C)C)c1. The predicted octanol–water partition coefficient (Wildman–Crippen LogP) is 7.27. The molecule has 2 N–H and O–H groups in total. The van der Waals surface area contributed by atoms with Crippen LogP contribution in [0.3, 0.4) is 0 Å². The van der Waals surface area contributed by atoms with E-state index in [4.69, 9.17) is 4.74 Å². The maximum atomic E-state index is 14.5. The van der Waals surface area contributed by atoms with E-state index in [1.54, 1.807) is 31.7 Å². The number of nitrogens with zero attached hydrogens (tertiary/aromatic N) is 1. The molecule has 4 unspecified atom stereocenters. The standard InChI is InChI=1S/C33H55N3O4/c1-11-14-15-21-34-30(37)29(27-18-16-17-26(13-3)22-27)36(25(7)20-19-23(4)5)31(38)28(24(6)12-2)35-32(39)40-33(8,9)10/h13,16-18,22-25,28-29H,3,11-12,14-15,19-21H2,1-2,4-10H3,(H,34,37)(H,35,39). The number of rotatable bonds is 16. The van der Waals surface area contributed by atoms with Crippen molar-refractivity contribution in [3.63, 3.8) is 0 Å². The number of benzene rings is 1. The first kappa shape index (κ1) is 35.2. The molecule has 0 heterocycles. The van der Waals surface area contributed by atoms with E-state index in [1.165, 1.54) is 0 Å². The minimum Gasteiger partial charge on any atom is -0.444 e. The van der Waals surface area contributed by atoms with Crippen LogP contribution in [-0.4, -0.2) is 47.0 Å². The zero-order valence-corrected chi connectivity index (χ0v) is 26.5. The third-order valence-electron chi connectivity index (χ3n) is 7.11. The minimum absolute atomic E-state index is 0.174. The van der Waals surface area contributed by atoms with Gasteiger partial charge in [-0.05, 0) is 76.0 Å². The number of carbonyl (C=O) groups is 3. The molecule has 3 amide bonds. The van der Waals surface area contributed by atoms with E-state index < -0.39 is 23.8 Å². The topological polar surface area (TPSA) is 87.7 Å². The van der Waals surface area contributed by atoms with Crippen LogP contribution in [0.5, 0.6) is 0 Å². The van der Waals surface area contributed by atoms with Crippen molar-refractivity contribution in [3.05, 3.63) is 42.0 Å². The monoisotopic (exact) mass is 557 g/mol. The summed E-state index contributed by atoms with van der Waals surface area (Å²) in [5, 5.41) is 5.94. The van der Waals surface area contributed by atoms with Crippen LogP contribution < -0.4 is 10.6 Å². The highest BCUT2D eigenvalue weighted by Gasteiger charge is 2.40. The summed E-state index contributed by atoms with van der Waals surface area (Å²) in [6.07, 6.45) is 6.31. The predicted molar refractivity (Wildman–Crippen MR) is 165 cm³/mol. The van der Waals surface area contributed by atoms with Crippen molar-refractivity contribution in [2.24, 2.45) is 11.8 Å². The van der Waals surface area contributed by atoms with E-state index in [2.05, 4.69) is 38.0 Å². The molecule has 7 nitrogen and oxygen atoms in total. The molecule has 0 saturated heterocycles. The van der Waals surface area contributed by atoms with Gasteiger partial charge in [-0.1, -0.05) is 84.7 Å². The molecule has 0 radical (unpaired) electrons. The zero-order valence-electron chi connectivity index (χ0n) is 26.5. The maximum Gasteiger partial charge on any atom is 0.408 e. The molecule has 226 valence electrons. The van der Waals surface area contributed by atoms with E-state index in [1.807, 2.05) is 45.0 Å². The highest BCUT2D eigenvalue weighted by molar-refractivity contribution is 5.92. The molecule has 0 aromatic heterocycles. The van der Waals surface area contributed by atoms with Gasteiger partial charge in [-0.3, -0.25) is 9.59 Å². The molecule has 0 bridgehead atoms. The van der Waals surface area contributed by atoms with E-state index in [9.17, 15) is 14.4 Å². The van der Waals surface area contributed by atoms with Crippen LogP contribution >= 0.6 is 0 Å². The number of nitrogens with one attached hydrogen (secondary N) is 2. The largest absolute Gasteiger partial charge is 0.444 e. The Balaban J connectivity index is 3.65. The molecule has 1 aromatic carbocycles. The molecular weight excluding hydrogens is 502 g/mol. The lowest BCUT2D eigenvalue weighted by atomic mass is 9.92. The second kappa shape index (κ2) is 17.1. The van der Waals surface area contributed by atoms with Gasteiger partial charge in [0, 0.05) is 12.6 Å². The van der Waals surface area contributed by atoms with Gasteiger partial charge < -0.3 is 20.3 Å². The quantitative estimate of drug-likeness (QED) is 0.209. The van der Waals surface area contributed by atoms with Crippen LogP contribution in [0.1, 0.15) is 118 Å². The number of carbonyl (C=O) groups excluding carboxylic acids is 3. The fraction of sp³-hybridized carbons (Fsp3) is 0.667. The molecule has 0 spiro atoms. The van der Waals surface area contributed by atoms with Gasteiger partial charge in [-0.15, -0.1) is 0 Å². The van der Waals surface area contributed by atoms with Crippen molar-refractivity contribution >= 4 is 24.0 Å². The van der Waals surface area contributed by atoms with Gasteiger partial charge in [0.1, 0.15) is 17.7 Å². The average Bonchev–Trinajstić information content (AvgIpc) is 2.89. The molecule has 0 aliphatic carbocycles. The van der Waals surface area contributed by atoms with Gasteiger partial charge in [0.15, 0.2) is 0 Å². The van der Waals surface area contributed by atoms with Gasteiger partial charge in [0.25, 0.3) is 0 Å². The number of alkyl carbamates (subject to hydrolysis) is 1. The Morgan fingerprint density at radius 1 is 1.05 bits per heavy atom. The Kier molecular flexibility index (Phi) is 15.0. The minimum atomic E-state index is -0.858. The summed E-state index contributed by atoms with van der Waals surface area (Å²) in [5.41, 5.74) is 0.882. The second-order valence-electron chi connectivity index (χ2n) is 12.4. The Bertz CT molecular complexity index is 953. The van der Waals surface area contributed by atoms with Gasteiger partial charge in [0.05, 0.1) is 0 Å². The molecule has 4 atom stereocenters. The lowest BCUT2D eigenvalue weighted by Crippen LogP contribution is -2.57. The van der Waals surface area contributed by atoms with Crippen LogP contribution in [0.25, 0.3) is 6.08 Å². The fourth-order valence-electron chi connectivity index (χ4n) is 4.57. The van der Waals surface area contributed by atoms with Gasteiger partial charge in [0.2, 0.25) is 11.8 Å². The lowest BCUT2D eigenvalue weighted by Gasteiger charge is -2.40. The first-order chi connectivity index (χ1) is 18.7. The first-order valence-electron chi connectivity index (χ1n) is 15.1. The molecule has 0 saturated carbocycles. The zero-order chi connectivity index (χ0) is 30.5. The summed E-state index contributed by atoms with van der Waals surface area (Å²) in [6, 6.07) is 5.66. The molecule has 40 heavy (non-hydrogen) atoms. The highest BCUT2D eigenvalue weighted by atomic mass is 16.6. The third-order valence-corrected chi connectivity index (χ3v) is 7.11. The normalized spacial score (nSPS) is 14.6. The Labute approximate surface area is 243 Å². The number of ether oxygens (including phenoxy) is 1. The second-order valence-corrected chi connectivity index (χ2v) is 12.4. The van der Waals surface area contributed by atoms with E-state index >= 15 is 0 Å². The fourth-order valence-corrected chi connectivity index (χ4v) is 4.57. The summed E-state index contributed by atoms with van der Waals surface area (Å²) in [5.74, 6) is -0.237. The molecular formula is C33H55N3O4. The molecule has 1 aromatic rings. The summed E-state index contributed by atoms with van der Waals surface area (Å²) >= 11 is 0. The summed E-state index contributed by atoms with van der Waals surface area (Å²) in [6.45, 7) is 22.1. The van der Waals surface area contributed by atoms with Crippen molar-refractivity contribution in [1.29, 1.82) is 0 Å². The first-order valence-corrected chi connectivity index (χ1v) is 15.1. The molecule has 7 heteroatoms. The summed E-state index contributed by atoms with van der Waals surface area (Å²) in [7, 11) is 0. The molecule has 0 aliphatic heterocycles. The smallest absolute Gasteiger partial charge is 0.408 e. The van der Waals surface area contributed by atoms with Gasteiger partial charge in [-0.2, -0.15) is 0 Å². The van der Waals surface area contributed by atoms with Crippen molar-refractivity contribution < 1.29 is 19.1 Å². The number of unbranched alkanes of at least 4 members (excludes halogenated alkanes) is 2. The van der Waals surface area contributed by atoms with E-state index in [0.717, 1.165) is 43.2 Å². The molecule has 1 rings (SSSR count). The Morgan fingerprint density at radius 3 is 2.27 bits per heavy atom. The van der Waals surface area contributed by atoms with Crippen LogP contribution in [0.15, 0.2) is 30.8 Å². The number of amides is 3. The third kappa shape index (κ3) is 11.7. The van der Waals surface area contributed by atoms with Gasteiger partial charge >= 0.3 is 6.09 Å². The molecule has 0 fully saturated rings. The Morgan fingerprint density at radius 2 is 1.73 bits per heavy atom. The van der Waals surface area contributed by atoms with Crippen LogP contribution in [0.2, 0.25) is 0 Å². The van der Waals surface area contributed by atoms with E-state index in [0.29, 0.717) is 18.9 Å². The Hall–Kier alpha value is -2.83. The summed E-state index contributed by atoms with van der Waals surface area (Å²) in [4.78, 5) is 43.0. The van der Waals surface area contributed by atoms with Crippen molar-refractivity contribution in [2.75, 3.05) is 6.54 Å². The summed E-state index contributed by atoms with van der Waals surface area (Å²) < 4.78 is 5.52. The van der Waals surface area contributed by atoms with E-state index in [-0.39, 0.29) is 23.8 Å². The maximum absolute atomic E-state index is 14.5. The van der Waals surface area contributed by atoms with Crippen molar-refractivity contribution in [3.8, 4) is 0 Å². The molecule has 0 aliphatic rings. The average molecular weight is 558 g/mol. The lowest BCUT2D eigenvalue weighted by molar-refractivity contribution is -0.146. The van der Waals surface area contributed by atoms with Crippen molar-refractivity contribution in [2.45, 2.75) is 125 Å². The van der Waals surface area contributed by atoms with Crippen LogP contribution in [-0.2, 0) is 14.3 Å². The number of hydrogen-bond acceptors (Lipinski definition) is 4. The number of hydrogen-bond donors (Lipinski definition) is 2. The highest BCUT2D eigenvalue weighted by Crippen LogP contribution is 2.29. The van der Waals surface area contributed by atoms with Gasteiger partial charge in [-0.25, -0.2) is 4.79 Å². The van der Waals surface area contributed by atoms with Crippen molar-refractivity contribution in [1.82, 2.24) is 15.5 Å². The van der Waals surface area contributed by atoms with Crippen LogP contribution in [0.4, 0.5) is 4.79 Å².